The number of rotatable bonds is 13. The molecule has 0 aromatic rings. The molecule has 0 aromatic carbocycles. The van der Waals surface area contributed by atoms with Gasteiger partial charge < -0.3 is 15.3 Å². The van der Waals surface area contributed by atoms with Crippen LogP contribution in [0.25, 0.3) is 0 Å². The van der Waals surface area contributed by atoms with Gasteiger partial charge in [-0.1, -0.05) is 44.1 Å². The van der Waals surface area contributed by atoms with Crippen molar-refractivity contribution < 1.29 is 30.3 Å². The highest BCUT2D eigenvalue weighted by atomic mass is 17.1. The van der Waals surface area contributed by atoms with Crippen LogP contribution < -0.4 is 0 Å². The van der Waals surface area contributed by atoms with Gasteiger partial charge >= 0.3 is 5.97 Å². The van der Waals surface area contributed by atoms with Gasteiger partial charge in [0.05, 0.1) is 12.2 Å². The maximum atomic E-state index is 10.4. The smallest absolute Gasteiger partial charge is 0.303 e. The number of hydrogen-bond acceptors (Lipinski definition) is 5. The zero-order valence-corrected chi connectivity index (χ0v) is 15.7. The fourth-order valence-corrected chi connectivity index (χ4v) is 3.47. The predicted molar refractivity (Wildman–Crippen MR) is 99.6 cm³/mol. The Morgan fingerprint density at radius 3 is 2.54 bits per heavy atom. The monoisotopic (exact) mass is 370 g/mol. The summed E-state index contributed by atoms with van der Waals surface area (Å²) in [6.07, 6.45) is 12.9. The van der Waals surface area contributed by atoms with Gasteiger partial charge in [-0.2, -0.15) is 0 Å². The number of carboxylic acid groups (broad SMARTS) is 1. The third-order valence-corrected chi connectivity index (χ3v) is 5.09. The number of aliphatic hydroxyl groups excluding tert-OH is 2. The van der Waals surface area contributed by atoms with Gasteiger partial charge in [0.15, 0.2) is 0 Å². The molecule has 0 aliphatic heterocycles. The third-order valence-electron chi connectivity index (χ3n) is 5.09. The van der Waals surface area contributed by atoms with Crippen molar-refractivity contribution in [2.45, 2.75) is 83.0 Å². The van der Waals surface area contributed by atoms with Crippen LogP contribution in [0.1, 0.15) is 64.7 Å². The summed E-state index contributed by atoms with van der Waals surface area (Å²) in [4.78, 5) is 14.8. The first-order chi connectivity index (χ1) is 12.5. The standard InChI is InChI=1S/C20H34O6/c1-2-15(26-25)12-13-17-16(18(21)14-19(17)22)10-8-6-4-3-5-7-9-11-20(23)24/h6,8,12-13,15-19,21-22,25H,2-5,7,9-11,14H2,1H3,(H,23,24)/b8-6+,13-12+/t15?,16-,17-,18+,19-/m1/s1. The molecule has 1 saturated carbocycles. The molecular formula is C20H34O6. The van der Waals surface area contributed by atoms with Crippen LogP contribution in [-0.4, -0.2) is 44.9 Å². The molecule has 6 nitrogen and oxygen atoms in total. The van der Waals surface area contributed by atoms with Crippen LogP contribution in [-0.2, 0) is 9.68 Å². The van der Waals surface area contributed by atoms with Crippen LogP contribution in [0.5, 0.6) is 0 Å². The van der Waals surface area contributed by atoms with Crippen LogP contribution in [0.3, 0.4) is 0 Å². The number of allylic oxidation sites excluding steroid dienone is 2. The fourth-order valence-electron chi connectivity index (χ4n) is 3.47. The number of unbranched alkanes of at least 4 members (excludes halogenated alkanes) is 4. The van der Waals surface area contributed by atoms with E-state index in [-0.39, 0.29) is 18.3 Å². The first kappa shape index (κ1) is 22.8. The highest BCUT2D eigenvalue weighted by Crippen LogP contribution is 2.36. The van der Waals surface area contributed by atoms with Gasteiger partial charge in [0.1, 0.15) is 6.10 Å². The van der Waals surface area contributed by atoms with Crippen molar-refractivity contribution in [1.82, 2.24) is 0 Å². The van der Waals surface area contributed by atoms with Gasteiger partial charge in [-0.15, -0.1) is 0 Å². The topological polar surface area (TPSA) is 107 Å². The maximum absolute atomic E-state index is 10.4. The van der Waals surface area contributed by atoms with Crippen molar-refractivity contribution in [1.29, 1.82) is 0 Å². The average Bonchev–Trinajstić information content (AvgIpc) is 2.87. The van der Waals surface area contributed by atoms with E-state index in [9.17, 15) is 15.0 Å². The molecule has 0 amide bonds. The van der Waals surface area contributed by atoms with Crippen molar-refractivity contribution in [2.75, 3.05) is 0 Å². The van der Waals surface area contributed by atoms with E-state index in [1.807, 2.05) is 13.0 Å². The van der Waals surface area contributed by atoms with E-state index in [1.54, 1.807) is 6.08 Å². The molecule has 5 atom stereocenters. The minimum Gasteiger partial charge on any atom is -0.481 e. The molecule has 0 heterocycles. The van der Waals surface area contributed by atoms with E-state index in [2.05, 4.69) is 17.0 Å². The molecule has 26 heavy (non-hydrogen) atoms. The predicted octanol–water partition coefficient (Wildman–Crippen LogP) is 3.54. The van der Waals surface area contributed by atoms with Crippen molar-refractivity contribution in [3.8, 4) is 0 Å². The first-order valence-corrected chi connectivity index (χ1v) is 9.71. The fraction of sp³-hybridized carbons (Fsp3) is 0.750. The Balaban J connectivity index is 2.34. The Morgan fingerprint density at radius 2 is 1.88 bits per heavy atom. The Kier molecular flexibility index (Phi) is 11.4. The molecular weight excluding hydrogens is 336 g/mol. The van der Waals surface area contributed by atoms with E-state index in [0.29, 0.717) is 19.3 Å². The molecule has 1 aliphatic carbocycles. The summed E-state index contributed by atoms with van der Waals surface area (Å²) in [5.74, 6) is -0.916. The highest BCUT2D eigenvalue weighted by molar-refractivity contribution is 5.66. The number of aliphatic carboxylic acids is 1. The van der Waals surface area contributed by atoms with Crippen LogP contribution in [0.15, 0.2) is 24.3 Å². The van der Waals surface area contributed by atoms with Crippen molar-refractivity contribution in [3.63, 3.8) is 0 Å². The highest BCUT2D eigenvalue weighted by Gasteiger charge is 2.39. The quantitative estimate of drug-likeness (QED) is 0.171. The molecule has 1 unspecified atom stereocenters. The number of carboxylic acids is 1. The molecule has 0 bridgehead atoms. The van der Waals surface area contributed by atoms with E-state index in [0.717, 1.165) is 32.1 Å². The lowest BCUT2D eigenvalue weighted by Crippen LogP contribution is -2.20. The van der Waals surface area contributed by atoms with Gasteiger partial charge in [0, 0.05) is 18.8 Å². The summed E-state index contributed by atoms with van der Waals surface area (Å²) in [7, 11) is 0. The molecule has 0 radical (unpaired) electrons. The van der Waals surface area contributed by atoms with E-state index in [1.165, 1.54) is 0 Å². The molecule has 0 aromatic heterocycles. The summed E-state index contributed by atoms with van der Waals surface area (Å²) in [5.41, 5.74) is 0. The minimum atomic E-state index is -0.735. The van der Waals surface area contributed by atoms with Crippen LogP contribution in [0.2, 0.25) is 0 Å². The molecule has 1 rings (SSSR count). The van der Waals surface area contributed by atoms with Crippen molar-refractivity contribution in [2.24, 2.45) is 11.8 Å². The van der Waals surface area contributed by atoms with Gasteiger partial charge in [0.2, 0.25) is 0 Å². The van der Waals surface area contributed by atoms with Crippen LogP contribution in [0, 0.1) is 11.8 Å². The summed E-state index contributed by atoms with van der Waals surface area (Å²) < 4.78 is 0. The first-order valence-electron chi connectivity index (χ1n) is 9.71. The van der Waals surface area contributed by atoms with E-state index in [4.69, 9.17) is 10.4 Å². The van der Waals surface area contributed by atoms with E-state index < -0.39 is 24.3 Å². The summed E-state index contributed by atoms with van der Waals surface area (Å²) in [6, 6.07) is 0. The largest absolute Gasteiger partial charge is 0.481 e. The Bertz CT molecular complexity index is 444. The average molecular weight is 370 g/mol. The summed E-state index contributed by atoms with van der Waals surface area (Å²) >= 11 is 0. The second kappa shape index (κ2) is 13.0. The summed E-state index contributed by atoms with van der Waals surface area (Å²) in [6.45, 7) is 1.90. The molecule has 1 fully saturated rings. The van der Waals surface area contributed by atoms with Crippen LogP contribution in [0.4, 0.5) is 0 Å². The Hall–Kier alpha value is -1.21. The minimum absolute atomic E-state index is 0.0377. The molecule has 0 spiro atoms. The molecule has 6 heteroatoms. The molecule has 4 N–H and O–H groups in total. The summed E-state index contributed by atoms with van der Waals surface area (Å²) in [5, 5.41) is 37.7. The maximum Gasteiger partial charge on any atom is 0.303 e. The van der Waals surface area contributed by atoms with E-state index >= 15 is 0 Å². The lowest BCUT2D eigenvalue weighted by Gasteiger charge is -2.19. The SMILES string of the molecule is CCC(/C=C/[C@@H]1[C@@H](C/C=C/CCCCCCC(=O)O)[C@@H](O)C[C@H]1O)OO. The zero-order valence-electron chi connectivity index (χ0n) is 15.7. The second-order valence-corrected chi connectivity index (χ2v) is 7.10. The number of carbonyl (C=O) groups is 1. The lowest BCUT2D eigenvalue weighted by atomic mass is 9.89. The van der Waals surface area contributed by atoms with Gasteiger partial charge in [-0.05, 0) is 38.0 Å². The molecule has 1 aliphatic rings. The Labute approximate surface area is 156 Å². The normalized spacial score (nSPS) is 27.5. The van der Waals surface area contributed by atoms with Gasteiger partial charge in [0.25, 0.3) is 0 Å². The van der Waals surface area contributed by atoms with Gasteiger partial charge in [-0.25, -0.2) is 4.89 Å². The molecule has 0 saturated heterocycles. The van der Waals surface area contributed by atoms with Crippen molar-refractivity contribution >= 4 is 5.97 Å². The van der Waals surface area contributed by atoms with Crippen LogP contribution >= 0.6 is 0 Å². The lowest BCUT2D eigenvalue weighted by molar-refractivity contribution is -0.266. The zero-order chi connectivity index (χ0) is 19.4. The number of aliphatic hydroxyl groups is 2. The van der Waals surface area contributed by atoms with Crippen molar-refractivity contribution in [3.05, 3.63) is 24.3 Å². The van der Waals surface area contributed by atoms with Gasteiger partial charge in [-0.3, -0.25) is 10.1 Å². The Morgan fingerprint density at radius 1 is 1.15 bits per heavy atom. The second-order valence-electron chi connectivity index (χ2n) is 7.10. The molecule has 150 valence electrons. The third kappa shape index (κ3) is 8.45. The number of hydrogen-bond donors (Lipinski definition) is 4.